The van der Waals surface area contributed by atoms with E-state index in [1.165, 1.54) is 7.11 Å². The first-order valence-electron chi connectivity index (χ1n) is 5.40. The Hall–Kier alpha value is -1.92. The minimum Gasteiger partial charge on any atom is -0.479 e. The molecule has 0 spiro atoms. The van der Waals surface area contributed by atoms with Gasteiger partial charge in [-0.2, -0.15) is 0 Å². The van der Waals surface area contributed by atoms with E-state index < -0.39 is 24.0 Å². The first-order chi connectivity index (χ1) is 8.56. The van der Waals surface area contributed by atoms with Crippen LogP contribution in [0.3, 0.4) is 0 Å². The molecule has 2 unspecified atom stereocenters. The van der Waals surface area contributed by atoms with Crippen LogP contribution in [0.1, 0.15) is 11.6 Å². The monoisotopic (exact) mass is 252 g/mol. The number of nitrogens with one attached hydrogen (secondary N) is 1. The van der Waals surface area contributed by atoms with Crippen LogP contribution in [-0.2, 0) is 14.3 Å². The number of hydrogen-bond donors (Lipinski definition) is 3. The highest BCUT2D eigenvalue weighted by atomic mass is 16.5. The lowest BCUT2D eigenvalue weighted by molar-refractivity contribution is -0.148. The Labute approximate surface area is 105 Å². The number of ether oxygens (including phenoxy) is 1. The second kappa shape index (κ2) is 6.73. The van der Waals surface area contributed by atoms with Gasteiger partial charge in [-0.25, -0.2) is 4.79 Å². The van der Waals surface area contributed by atoms with E-state index in [1.54, 1.807) is 24.3 Å². The molecule has 1 aromatic rings. The fourth-order valence-corrected chi connectivity index (χ4v) is 1.39. The Morgan fingerprint density at radius 2 is 2.00 bits per heavy atom. The normalized spacial score (nSPS) is 13.7. The predicted octanol–water partition coefficient (Wildman–Crippen LogP) is -0.0978. The maximum absolute atomic E-state index is 11.7. The van der Waals surface area contributed by atoms with Crippen molar-refractivity contribution >= 4 is 11.9 Å². The number of methoxy groups -OCH3 is 1. The van der Waals surface area contributed by atoms with Gasteiger partial charge in [0, 0.05) is 7.11 Å². The van der Waals surface area contributed by atoms with E-state index >= 15 is 0 Å². The first-order valence-corrected chi connectivity index (χ1v) is 5.40. The molecule has 6 nitrogen and oxygen atoms in total. The zero-order valence-corrected chi connectivity index (χ0v) is 10.00. The third-order valence-corrected chi connectivity index (χ3v) is 2.46. The number of benzene rings is 1. The molecule has 18 heavy (non-hydrogen) atoms. The topological polar surface area (TPSA) is 102 Å². The number of nitrogens with two attached hydrogens (primary N) is 1. The molecule has 0 aliphatic heterocycles. The zero-order chi connectivity index (χ0) is 13.5. The van der Waals surface area contributed by atoms with Crippen LogP contribution in [0.15, 0.2) is 30.3 Å². The van der Waals surface area contributed by atoms with Crippen LogP contribution in [0.25, 0.3) is 0 Å². The lowest BCUT2D eigenvalue weighted by atomic mass is 10.1. The average Bonchev–Trinajstić information content (AvgIpc) is 2.39. The number of aliphatic carboxylic acids is 1. The van der Waals surface area contributed by atoms with Crippen molar-refractivity contribution in [1.29, 1.82) is 0 Å². The van der Waals surface area contributed by atoms with E-state index in [-0.39, 0.29) is 6.54 Å². The van der Waals surface area contributed by atoms with Crippen molar-refractivity contribution in [3.8, 4) is 0 Å². The summed E-state index contributed by atoms with van der Waals surface area (Å²) >= 11 is 0. The molecule has 0 radical (unpaired) electrons. The number of hydrogen-bond acceptors (Lipinski definition) is 4. The Bertz CT molecular complexity index is 408. The van der Waals surface area contributed by atoms with Gasteiger partial charge in [0.2, 0.25) is 5.91 Å². The van der Waals surface area contributed by atoms with Crippen molar-refractivity contribution in [2.24, 2.45) is 5.73 Å². The highest BCUT2D eigenvalue weighted by molar-refractivity contribution is 5.83. The third kappa shape index (κ3) is 3.83. The molecule has 0 aliphatic rings. The molecule has 98 valence electrons. The van der Waals surface area contributed by atoms with E-state index in [2.05, 4.69) is 5.32 Å². The van der Waals surface area contributed by atoms with E-state index in [0.717, 1.165) is 0 Å². The van der Waals surface area contributed by atoms with Crippen LogP contribution in [0.2, 0.25) is 0 Å². The quantitative estimate of drug-likeness (QED) is 0.656. The number of carboxylic acid groups (broad SMARTS) is 1. The minimum absolute atomic E-state index is 0.120. The Balaban J connectivity index is 2.53. The van der Waals surface area contributed by atoms with E-state index in [1.807, 2.05) is 6.07 Å². The highest BCUT2D eigenvalue weighted by Gasteiger charge is 2.20. The third-order valence-electron chi connectivity index (χ3n) is 2.46. The van der Waals surface area contributed by atoms with Crippen LogP contribution < -0.4 is 11.1 Å². The lowest BCUT2D eigenvalue weighted by Crippen LogP contribution is -2.41. The molecule has 0 aromatic heterocycles. The smallest absolute Gasteiger partial charge is 0.334 e. The zero-order valence-electron chi connectivity index (χ0n) is 10.00. The van der Waals surface area contributed by atoms with E-state index in [4.69, 9.17) is 15.6 Å². The van der Waals surface area contributed by atoms with Crippen LogP contribution in [0, 0.1) is 0 Å². The number of carbonyl (C=O) groups excluding carboxylic acids is 1. The van der Waals surface area contributed by atoms with Gasteiger partial charge in [0.15, 0.2) is 6.10 Å². The number of carboxylic acids is 1. The van der Waals surface area contributed by atoms with E-state index in [9.17, 15) is 9.59 Å². The van der Waals surface area contributed by atoms with Crippen molar-refractivity contribution in [2.75, 3.05) is 13.7 Å². The summed E-state index contributed by atoms with van der Waals surface area (Å²) in [5.74, 6) is -1.57. The van der Waals surface area contributed by atoms with Gasteiger partial charge in [-0.3, -0.25) is 4.79 Å². The average molecular weight is 252 g/mol. The summed E-state index contributed by atoms with van der Waals surface area (Å²) in [6, 6.07) is 8.01. The number of rotatable bonds is 6. The van der Waals surface area contributed by atoms with Crippen LogP contribution >= 0.6 is 0 Å². The summed E-state index contributed by atoms with van der Waals surface area (Å²) in [5, 5.41) is 11.2. The Morgan fingerprint density at radius 1 is 1.39 bits per heavy atom. The van der Waals surface area contributed by atoms with Crippen molar-refractivity contribution in [3.05, 3.63) is 35.9 Å². The summed E-state index contributed by atoms with van der Waals surface area (Å²) in [5.41, 5.74) is 6.41. The maximum Gasteiger partial charge on any atom is 0.334 e. The molecule has 1 aromatic carbocycles. The van der Waals surface area contributed by atoms with Gasteiger partial charge in [-0.1, -0.05) is 30.3 Å². The molecule has 1 amide bonds. The van der Waals surface area contributed by atoms with Gasteiger partial charge in [0.25, 0.3) is 0 Å². The molecule has 4 N–H and O–H groups in total. The summed E-state index contributed by atoms with van der Waals surface area (Å²) in [6.45, 7) is -0.120. The summed E-state index contributed by atoms with van der Waals surface area (Å²) in [7, 11) is 1.27. The highest BCUT2D eigenvalue weighted by Crippen LogP contribution is 2.09. The van der Waals surface area contributed by atoms with Crippen molar-refractivity contribution < 1.29 is 19.4 Å². The lowest BCUT2D eigenvalue weighted by Gasteiger charge is -2.15. The molecule has 0 bridgehead atoms. The van der Waals surface area contributed by atoms with Crippen LogP contribution in [0.5, 0.6) is 0 Å². The SMILES string of the molecule is COC(CNC(=O)C(N)c1ccccc1)C(=O)O. The van der Waals surface area contributed by atoms with Crippen molar-refractivity contribution in [3.63, 3.8) is 0 Å². The molecule has 0 heterocycles. The standard InChI is InChI=1S/C12H16N2O4/c1-18-9(12(16)17)7-14-11(15)10(13)8-5-3-2-4-6-8/h2-6,9-10H,7,13H2,1H3,(H,14,15)(H,16,17). The van der Waals surface area contributed by atoms with Gasteiger partial charge in [0.05, 0.1) is 6.54 Å². The van der Waals surface area contributed by atoms with Crippen LogP contribution in [-0.4, -0.2) is 36.7 Å². The summed E-state index contributed by atoms with van der Waals surface area (Å²) in [6.07, 6.45) is -1.07. The van der Waals surface area contributed by atoms with Crippen LogP contribution in [0.4, 0.5) is 0 Å². The molecule has 0 fully saturated rings. The number of carbonyl (C=O) groups is 2. The minimum atomic E-state index is -1.13. The van der Waals surface area contributed by atoms with Gasteiger partial charge >= 0.3 is 5.97 Å². The summed E-state index contributed by atoms with van der Waals surface area (Å²) < 4.78 is 4.69. The van der Waals surface area contributed by atoms with Crippen molar-refractivity contribution in [2.45, 2.75) is 12.1 Å². The second-order valence-corrected chi connectivity index (χ2v) is 3.70. The first kappa shape index (κ1) is 14.1. The van der Waals surface area contributed by atoms with E-state index in [0.29, 0.717) is 5.56 Å². The molecule has 0 saturated heterocycles. The fourth-order valence-electron chi connectivity index (χ4n) is 1.39. The molecule has 6 heteroatoms. The Kier molecular flexibility index (Phi) is 5.29. The fraction of sp³-hybridized carbons (Fsp3) is 0.333. The predicted molar refractivity (Wildman–Crippen MR) is 64.8 cm³/mol. The maximum atomic E-state index is 11.7. The van der Waals surface area contributed by atoms with Gasteiger partial charge in [-0.15, -0.1) is 0 Å². The molecule has 1 rings (SSSR count). The molecule has 0 saturated carbocycles. The molecule has 0 aliphatic carbocycles. The van der Waals surface area contributed by atoms with Crippen molar-refractivity contribution in [1.82, 2.24) is 5.32 Å². The molecule has 2 atom stereocenters. The molecular weight excluding hydrogens is 236 g/mol. The van der Waals surface area contributed by atoms with Gasteiger partial charge in [-0.05, 0) is 5.56 Å². The Morgan fingerprint density at radius 3 is 2.50 bits per heavy atom. The van der Waals surface area contributed by atoms with Gasteiger partial charge < -0.3 is 20.9 Å². The molecular formula is C12H16N2O4. The summed E-state index contributed by atoms with van der Waals surface area (Å²) in [4.78, 5) is 22.4. The second-order valence-electron chi connectivity index (χ2n) is 3.70. The largest absolute Gasteiger partial charge is 0.479 e. The number of amides is 1. The van der Waals surface area contributed by atoms with Gasteiger partial charge in [0.1, 0.15) is 6.04 Å².